The first-order chi connectivity index (χ1) is 10.2. The third kappa shape index (κ3) is 3.83. The fourth-order valence-electron chi connectivity index (χ4n) is 2.82. The van der Waals surface area contributed by atoms with Crippen LogP contribution < -0.4 is 5.32 Å². The van der Waals surface area contributed by atoms with Gasteiger partial charge in [-0.1, -0.05) is 26.0 Å². The number of benzene rings is 1. The number of nitrogens with zero attached hydrogens (tertiary/aromatic N) is 2. The molecule has 1 aliphatic rings. The van der Waals surface area contributed by atoms with E-state index in [1.54, 1.807) is 0 Å². The molecule has 1 heterocycles. The summed E-state index contributed by atoms with van der Waals surface area (Å²) in [7, 11) is 0. The summed E-state index contributed by atoms with van der Waals surface area (Å²) in [4.78, 5) is 14.7. The van der Waals surface area contributed by atoms with Crippen LogP contribution in [0.15, 0.2) is 24.3 Å². The van der Waals surface area contributed by atoms with E-state index in [4.69, 9.17) is 5.26 Å². The molecular formula is C17H23N3O. The summed E-state index contributed by atoms with van der Waals surface area (Å²) in [5, 5.41) is 12.1. The van der Waals surface area contributed by atoms with E-state index < -0.39 is 0 Å². The molecule has 0 aromatic heterocycles. The molecule has 112 valence electrons. The lowest BCUT2D eigenvalue weighted by molar-refractivity contribution is -0.136. The van der Waals surface area contributed by atoms with Gasteiger partial charge in [-0.3, -0.25) is 4.79 Å². The normalized spacial score (nSPS) is 21.0. The van der Waals surface area contributed by atoms with Crippen LogP contribution in [0.1, 0.15) is 31.4 Å². The Morgan fingerprint density at radius 3 is 2.62 bits per heavy atom. The van der Waals surface area contributed by atoms with E-state index in [2.05, 4.69) is 25.2 Å². The van der Waals surface area contributed by atoms with Crippen molar-refractivity contribution in [2.45, 2.75) is 26.8 Å². The number of nitrogens with one attached hydrogen (secondary N) is 1. The van der Waals surface area contributed by atoms with E-state index in [9.17, 15) is 4.79 Å². The summed E-state index contributed by atoms with van der Waals surface area (Å²) in [5.41, 5.74) is 1.73. The van der Waals surface area contributed by atoms with Crippen LogP contribution >= 0.6 is 0 Å². The lowest BCUT2D eigenvalue weighted by atomic mass is 9.96. The predicted octanol–water partition coefficient (Wildman–Crippen LogP) is 2.15. The molecule has 1 amide bonds. The van der Waals surface area contributed by atoms with Gasteiger partial charge in [-0.15, -0.1) is 0 Å². The molecule has 1 aromatic carbocycles. The third-order valence-corrected chi connectivity index (χ3v) is 4.10. The second-order valence-corrected chi connectivity index (χ2v) is 5.81. The zero-order valence-electron chi connectivity index (χ0n) is 12.8. The summed E-state index contributed by atoms with van der Waals surface area (Å²) in [6.45, 7) is 7.34. The predicted molar refractivity (Wildman–Crippen MR) is 82.4 cm³/mol. The zero-order valence-corrected chi connectivity index (χ0v) is 12.8. The van der Waals surface area contributed by atoms with Crippen molar-refractivity contribution < 1.29 is 4.79 Å². The first-order valence-corrected chi connectivity index (χ1v) is 7.64. The summed E-state index contributed by atoms with van der Waals surface area (Å²) < 4.78 is 0. The molecule has 4 heteroatoms. The smallest absolute Gasteiger partial charge is 0.227 e. The molecule has 2 atom stereocenters. The Labute approximate surface area is 126 Å². The van der Waals surface area contributed by atoms with Gasteiger partial charge in [-0.25, -0.2) is 0 Å². The molecular weight excluding hydrogens is 262 g/mol. The maximum absolute atomic E-state index is 12.7. The van der Waals surface area contributed by atoms with E-state index in [1.165, 1.54) is 0 Å². The van der Waals surface area contributed by atoms with Crippen LogP contribution in [0, 0.1) is 23.2 Å². The van der Waals surface area contributed by atoms with Crippen LogP contribution in [0.4, 0.5) is 0 Å². The number of hydrogen-bond acceptors (Lipinski definition) is 3. The van der Waals surface area contributed by atoms with Crippen molar-refractivity contribution in [2.24, 2.45) is 11.8 Å². The Bertz CT molecular complexity index is 518. The van der Waals surface area contributed by atoms with Gasteiger partial charge in [0.05, 0.1) is 17.6 Å². The maximum Gasteiger partial charge on any atom is 0.227 e. The van der Waals surface area contributed by atoms with Crippen molar-refractivity contribution in [3.63, 3.8) is 0 Å². The minimum atomic E-state index is 0.0925. The Morgan fingerprint density at radius 2 is 2.10 bits per heavy atom. The second kappa shape index (κ2) is 7.24. The average Bonchev–Trinajstić information content (AvgIpc) is 2.93. The average molecular weight is 285 g/mol. The second-order valence-electron chi connectivity index (χ2n) is 5.81. The highest BCUT2D eigenvalue weighted by Gasteiger charge is 2.32. The summed E-state index contributed by atoms with van der Waals surface area (Å²) in [6, 6.07) is 9.61. The summed E-state index contributed by atoms with van der Waals surface area (Å²) in [6.07, 6.45) is 0.955. The van der Waals surface area contributed by atoms with Crippen molar-refractivity contribution in [3.05, 3.63) is 35.4 Å². The Hall–Kier alpha value is -1.86. The lowest BCUT2D eigenvalue weighted by Gasteiger charge is -2.27. The van der Waals surface area contributed by atoms with Gasteiger partial charge >= 0.3 is 0 Å². The van der Waals surface area contributed by atoms with Crippen LogP contribution in [-0.4, -0.2) is 30.4 Å². The molecule has 21 heavy (non-hydrogen) atoms. The van der Waals surface area contributed by atoms with Crippen molar-refractivity contribution in [3.8, 4) is 6.07 Å². The summed E-state index contributed by atoms with van der Waals surface area (Å²) in [5.74, 6) is 0.742. The van der Waals surface area contributed by atoms with E-state index in [1.807, 2.05) is 29.2 Å². The maximum atomic E-state index is 12.7. The molecule has 0 radical (unpaired) electrons. The highest BCUT2D eigenvalue weighted by Crippen LogP contribution is 2.20. The van der Waals surface area contributed by atoms with Gasteiger partial charge in [0.25, 0.3) is 0 Å². The van der Waals surface area contributed by atoms with Gasteiger partial charge in [-0.2, -0.15) is 5.26 Å². The van der Waals surface area contributed by atoms with Crippen molar-refractivity contribution in [2.75, 3.05) is 19.6 Å². The number of nitriles is 1. The molecule has 1 fully saturated rings. The lowest BCUT2D eigenvalue weighted by Crippen LogP contribution is -2.38. The van der Waals surface area contributed by atoms with Crippen molar-refractivity contribution in [1.82, 2.24) is 10.2 Å². The highest BCUT2D eigenvalue weighted by atomic mass is 16.2. The van der Waals surface area contributed by atoms with Gasteiger partial charge in [0.2, 0.25) is 5.91 Å². The van der Waals surface area contributed by atoms with Crippen LogP contribution in [0.5, 0.6) is 0 Å². The van der Waals surface area contributed by atoms with Gasteiger partial charge in [-0.05, 0) is 36.6 Å². The number of carbonyl (C=O) groups is 1. The van der Waals surface area contributed by atoms with Crippen LogP contribution in [0.25, 0.3) is 0 Å². The first-order valence-electron chi connectivity index (χ1n) is 7.64. The number of amides is 1. The molecule has 1 saturated heterocycles. The number of carbonyl (C=O) groups excluding carboxylic acids is 1. The molecule has 2 unspecified atom stereocenters. The first kappa shape index (κ1) is 15.5. The Balaban J connectivity index is 2.07. The Kier molecular flexibility index (Phi) is 5.35. The molecule has 1 N–H and O–H groups in total. The van der Waals surface area contributed by atoms with Gasteiger partial charge in [0.1, 0.15) is 0 Å². The number of rotatable bonds is 5. The molecule has 0 spiro atoms. The zero-order chi connectivity index (χ0) is 15.2. The molecule has 0 saturated carbocycles. The minimum Gasteiger partial charge on any atom is -0.338 e. The summed E-state index contributed by atoms with van der Waals surface area (Å²) >= 11 is 0. The van der Waals surface area contributed by atoms with E-state index in [0.717, 1.165) is 31.6 Å². The van der Waals surface area contributed by atoms with E-state index in [0.29, 0.717) is 18.0 Å². The largest absolute Gasteiger partial charge is 0.338 e. The Morgan fingerprint density at radius 1 is 1.38 bits per heavy atom. The van der Waals surface area contributed by atoms with Crippen LogP contribution in [0.2, 0.25) is 0 Å². The van der Waals surface area contributed by atoms with Crippen LogP contribution in [-0.2, 0) is 11.3 Å². The molecule has 2 rings (SSSR count). The highest BCUT2D eigenvalue weighted by molar-refractivity contribution is 5.79. The molecule has 0 aliphatic carbocycles. The van der Waals surface area contributed by atoms with Gasteiger partial charge in [0.15, 0.2) is 0 Å². The van der Waals surface area contributed by atoms with Gasteiger partial charge in [0, 0.05) is 19.6 Å². The van der Waals surface area contributed by atoms with E-state index >= 15 is 0 Å². The molecule has 0 bridgehead atoms. The van der Waals surface area contributed by atoms with Crippen molar-refractivity contribution >= 4 is 5.91 Å². The molecule has 1 aliphatic heterocycles. The monoisotopic (exact) mass is 285 g/mol. The van der Waals surface area contributed by atoms with E-state index in [-0.39, 0.29) is 11.8 Å². The third-order valence-electron chi connectivity index (χ3n) is 4.10. The number of hydrogen-bond donors (Lipinski definition) is 1. The topological polar surface area (TPSA) is 56.1 Å². The molecule has 4 nitrogen and oxygen atoms in total. The molecule has 1 aromatic rings. The quantitative estimate of drug-likeness (QED) is 0.902. The van der Waals surface area contributed by atoms with Gasteiger partial charge < -0.3 is 10.2 Å². The minimum absolute atomic E-state index is 0.0925. The fraction of sp³-hybridized carbons (Fsp3) is 0.529. The fourth-order valence-corrected chi connectivity index (χ4v) is 2.82. The van der Waals surface area contributed by atoms with Crippen molar-refractivity contribution in [1.29, 1.82) is 5.26 Å². The standard InChI is InChI=1S/C17H23N3O/c1-3-8-20(17(21)16-11-19-10-13(16)2)12-15-6-4-14(9-18)5-7-15/h4-7,13,16,19H,3,8,10-12H2,1-2H3. The SMILES string of the molecule is CCCN(Cc1ccc(C#N)cc1)C(=O)C1CNCC1C. The van der Waals surface area contributed by atoms with Crippen LogP contribution in [0.3, 0.4) is 0 Å².